The third kappa shape index (κ3) is 4.56. The maximum atomic E-state index is 11.9. The van der Waals surface area contributed by atoms with Crippen LogP contribution in [-0.2, 0) is 4.79 Å². The summed E-state index contributed by atoms with van der Waals surface area (Å²) in [7, 11) is 3.48. The van der Waals surface area contributed by atoms with Crippen molar-refractivity contribution in [2.45, 2.75) is 32.9 Å². The van der Waals surface area contributed by atoms with Crippen molar-refractivity contribution in [3.05, 3.63) is 29.8 Å². The van der Waals surface area contributed by atoms with Crippen LogP contribution in [0.3, 0.4) is 0 Å². The molecule has 4 nitrogen and oxygen atoms in total. The van der Waals surface area contributed by atoms with Crippen molar-refractivity contribution in [2.75, 3.05) is 20.7 Å². The average Bonchev–Trinajstić information content (AvgIpc) is 2.43. The van der Waals surface area contributed by atoms with Crippen LogP contribution in [0.1, 0.15) is 32.4 Å². The van der Waals surface area contributed by atoms with E-state index in [0.29, 0.717) is 6.54 Å². The number of methoxy groups -OCH3 is 1. The number of ether oxygens (including phenoxy) is 1. The smallest absolute Gasteiger partial charge is 0.236 e. The van der Waals surface area contributed by atoms with Gasteiger partial charge >= 0.3 is 0 Å². The van der Waals surface area contributed by atoms with Gasteiger partial charge in [0.1, 0.15) is 5.75 Å². The normalized spacial score (nSPS) is 12.3. The van der Waals surface area contributed by atoms with Gasteiger partial charge in [0.2, 0.25) is 5.91 Å². The van der Waals surface area contributed by atoms with Gasteiger partial charge in [0.25, 0.3) is 0 Å². The first-order valence-electron chi connectivity index (χ1n) is 6.58. The molecule has 1 aromatic rings. The molecule has 0 fully saturated rings. The van der Waals surface area contributed by atoms with Crippen molar-refractivity contribution in [1.29, 1.82) is 0 Å². The number of likely N-dealkylation sites (N-methyl/N-ethyl adjacent to an activating group) is 1. The minimum atomic E-state index is 0.107. The third-order valence-electron chi connectivity index (χ3n) is 3.34. The number of rotatable bonds is 6. The Labute approximate surface area is 115 Å². The van der Waals surface area contributed by atoms with Crippen molar-refractivity contribution in [1.82, 2.24) is 10.2 Å². The Morgan fingerprint density at radius 1 is 1.26 bits per heavy atom. The number of benzene rings is 1. The molecule has 0 radical (unpaired) electrons. The molecular weight excluding hydrogens is 240 g/mol. The van der Waals surface area contributed by atoms with Gasteiger partial charge in [-0.25, -0.2) is 0 Å². The van der Waals surface area contributed by atoms with Crippen molar-refractivity contribution in [3.63, 3.8) is 0 Å². The van der Waals surface area contributed by atoms with Crippen LogP contribution in [0.4, 0.5) is 0 Å². The maximum absolute atomic E-state index is 11.9. The van der Waals surface area contributed by atoms with Gasteiger partial charge in [-0.3, -0.25) is 4.79 Å². The van der Waals surface area contributed by atoms with Crippen molar-refractivity contribution in [2.24, 2.45) is 0 Å². The molecule has 0 aromatic heterocycles. The van der Waals surface area contributed by atoms with Gasteiger partial charge in [-0.15, -0.1) is 0 Å². The fraction of sp³-hybridized carbons (Fsp3) is 0.533. The van der Waals surface area contributed by atoms with Crippen LogP contribution < -0.4 is 10.1 Å². The van der Waals surface area contributed by atoms with Crippen LogP contribution >= 0.6 is 0 Å². The molecule has 1 amide bonds. The first kappa shape index (κ1) is 15.5. The topological polar surface area (TPSA) is 41.6 Å². The molecule has 0 unspecified atom stereocenters. The van der Waals surface area contributed by atoms with E-state index >= 15 is 0 Å². The van der Waals surface area contributed by atoms with Gasteiger partial charge in [0.15, 0.2) is 0 Å². The largest absolute Gasteiger partial charge is 0.497 e. The standard InChI is InChI=1S/C15H24N2O2/c1-11(2)17(4)15(18)10-16-12(3)13-6-8-14(19-5)9-7-13/h6-9,11-12,16H,10H2,1-5H3/t12-/m1/s1. The fourth-order valence-corrected chi connectivity index (χ4v) is 1.66. The Morgan fingerprint density at radius 2 is 1.84 bits per heavy atom. The molecular formula is C15H24N2O2. The highest BCUT2D eigenvalue weighted by molar-refractivity contribution is 5.78. The number of amides is 1. The van der Waals surface area contributed by atoms with Crippen LogP contribution in [0.5, 0.6) is 5.75 Å². The second-order valence-electron chi connectivity index (χ2n) is 4.97. The van der Waals surface area contributed by atoms with Gasteiger partial charge in [0.05, 0.1) is 13.7 Å². The molecule has 106 valence electrons. The van der Waals surface area contributed by atoms with Crippen molar-refractivity contribution in [3.8, 4) is 5.75 Å². The molecule has 0 aliphatic carbocycles. The van der Waals surface area contributed by atoms with E-state index in [-0.39, 0.29) is 18.0 Å². The monoisotopic (exact) mass is 264 g/mol. The Bertz CT molecular complexity index is 401. The Kier molecular flexibility index (Phi) is 5.83. The van der Waals surface area contributed by atoms with E-state index in [1.54, 1.807) is 12.0 Å². The van der Waals surface area contributed by atoms with E-state index in [1.165, 1.54) is 0 Å². The van der Waals surface area contributed by atoms with E-state index in [2.05, 4.69) is 5.32 Å². The molecule has 0 bridgehead atoms. The lowest BCUT2D eigenvalue weighted by Crippen LogP contribution is -2.40. The highest BCUT2D eigenvalue weighted by Crippen LogP contribution is 2.16. The predicted octanol–water partition coefficient (Wildman–Crippen LogP) is 2.21. The van der Waals surface area contributed by atoms with E-state index < -0.39 is 0 Å². The number of nitrogens with zero attached hydrogens (tertiary/aromatic N) is 1. The summed E-state index contributed by atoms with van der Waals surface area (Å²) in [4.78, 5) is 13.6. The van der Waals surface area contributed by atoms with Gasteiger partial charge in [0, 0.05) is 19.1 Å². The summed E-state index contributed by atoms with van der Waals surface area (Å²) in [6.45, 7) is 6.40. The van der Waals surface area contributed by atoms with E-state index in [0.717, 1.165) is 11.3 Å². The molecule has 4 heteroatoms. The summed E-state index contributed by atoms with van der Waals surface area (Å²) < 4.78 is 5.12. The molecule has 0 saturated heterocycles. The predicted molar refractivity (Wildman–Crippen MR) is 77.3 cm³/mol. The number of nitrogens with one attached hydrogen (secondary N) is 1. The first-order chi connectivity index (χ1) is 8.95. The van der Waals surface area contributed by atoms with Crippen LogP contribution in [-0.4, -0.2) is 37.6 Å². The van der Waals surface area contributed by atoms with Gasteiger partial charge in [-0.2, -0.15) is 0 Å². The SMILES string of the molecule is COc1ccc([C@@H](C)NCC(=O)N(C)C(C)C)cc1. The van der Waals surface area contributed by atoms with Crippen LogP contribution in [0.25, 0.3) is 0 Å². The molecule has 1 rings (SSSR count). The molecule has 1 atom stereocenters. The Balaban J connectivity index is 2.50. The zero-order valence-corrected chi connectivity index (χ0v) is 12.4. The molecule has 0 saturated carbocycles. The molecule has 0 aliphatic rings. The highest BCUT2D eigenvalue weighted by Gasteiger charge is 2.13. The quantitative estimate of drug-likeness (QED) is 0.856. The summed E-state index contributed by atoms with van der Waals surface area (Å²) in [5.41, 5.74) is 1.14. The molecule has 1 aromatic carbocycles. The maximum Gasteiger partial charge on any atom is 0.236 e. The summed E-state index contributed by atoms with van der Waals surface area (Å²) in [5, 5.41) is 3.24. The molecule has 0 aliphatic heterocycles. The average molecular weight is 264 g/mol. The molecule has 1 N–H and O–H groups in total. The zero-order chi connectivity index (χ0) is 14.4. The van der Waals surface area contributed by atoms with Crippen molar-refractivity contribution < 1.29 is 9.53 Å². The number of hydrogen-bond donors (Lipinski definition) is 1. The van der Waals surface area contributed by atoms with Crippen LogP contribution in [0.15, 0.2) is 24.3 Å². The Hall–Kier alpha value is -1.55. The molecule has 19 heavy (non-hydrogen) atoms. The molecule has 0 heterocycles. The lowest BCUT2D eigenvalue weighted by Gasteiger charge is -2.23. The second kappa shape index (κ2) is 7.14. The zero-order valence-electron chi connectivity index (χ0n) is 12.4. The van der Waals surface area contributed by atoms with Gasteiger partial charge in [-0.05, 0) is 38.5 Å². The lowest BCUT2D eigenvalue weighted by molar-refractivity contribution is -0.130. The summed E-state index contributed by atoms with van der Waals surface area (Å²) in [6.07, 6.45) is 0. The van der Waals surface area contributed by atoms with E-state index in [9.17, 15) is 4.79 Å². The summed E-state index contributed by atoms with van der Waals surface area (Å²) >= 11 is 0. The fourth-order valence-electron chi connectivity index (χ4n) is 1.66. The van der Waals surface area contributed by atoms with Gasteiger partial charge < -0.3 is 15.0 Å². The summed E-state index contributed by atoms with van der Waals surface area (Å²) in [5.74, 6) is 0.946. The van der Waals surface area contributed by atoms with Gasteiger partial charge in [-0.1, -0.05) is 12.1 Å². The van der Waals surface area contributed by atoms with E-state index in [4.69, 9.17) is 4.74 Å². The van der Waals surface area contributed by atoms with E-state index in [1.807, 2.05) is 52.1 Å². The summed E-state index contributed by atoms with van der Waals surface area (Å²) in [6, 6.07) is 8.23. The highest BCUT2D eigenvalue weighted by atomic mass is 16.5. The molecule has 0 spiro atoms. The van der Waals surface area contributed by atoms with Crippen LogP contribution in [0, 0.1) is 0 Å². The lowest BCUT2D eigenvalue weighted by atomic mass is 10.1. The first-order valence-corrected chi connectivity index (χ1v) is 6.58. The second-order valence-corrected chi connectivity index (χ2v) is 4.97. The van der Waals surface area contributed by atoms with Crippen LogP contribution in [0.2, 0.25) is 0 Å². The minimum absolute atomic E-state index is 0.107. The Morgan fingerprint density at radius 3 is 2.32 bits per heavy atom. The van der Waals surface area contributed by atoms with Crippen molar-refractivity contribution >= 4 is 5.91 Å². The number of carbonyl (C=O) groups excluding carboxylic acids is 1. The number of hydrogen-bond acceptors (Lipinski definition) is 3. The minimum Gasteiger partial charge on any atom is -0.497 e. The third-order valence-corrected chi connectivity index (χ3v) is 3.34. The number of carbonyl (C=O) groups is 1.